The van der Waals surface area contributed by atoms with E-state index in [2.05, 4.69) is 42.0 Å². The number of carbonyl (C=O) groups is 1. The van der Waals surface area contributed by atoms with E-state index < -0.39 is 5.54 Å². The van der Waals surface area contributed by atoms with Gasteiger partial charge < -0.3 is 16.4 Å². The smallest absolute Gasteiger partial charge is 0.242 e. The molecule has 1 unspecified atom stereocenters. The van der Waals surface area contributed by atoms with Crippen molar-refractivity contribution < 1.29 is 4.79 Å². The van der Waals surface area contributed by atoms with Gasteiger partial charge in [0.2, 0.25) is 5.91 Å². The van der Waals surface area contributed by atoms with Crippen LogP contribution in [-0.4, -0.2) is 54.4 Å². The molecule has 0 aromatic carbocycles. The summed E-state index contributed by atoms with van der Waals surface area (Å²) in [5.41, 5.74) is 5.52. The quantitative estimate of drug-likeness (QED) is 0.231. The molecule has 1 aliphatic rings. The SMILES string of the molecule is CC(C)CN1CC(N)(C(=O)NCCCCCCCCNC(C)S)C1. The maximum Gasteiger partial charge on any atom is 0.242 e. The lowest BCUT2D eigenvalue weighted by Crippen LogP contribution is -2.74. The Morgan fingerprint density at radius 1 is 1.08 bits per heavy atom. The van der Waals surface area contributed by atoms with Gasteiger partial charge in [0.25, 0.3) is 0 Å². The normalized spacial score (nSPS) is 18.4. The van der Waals surface area contributed by atoms with Gasteiger partial charge in [0.1, 0.15) is 5.54 Å². The van der Waals surface area contributed by atoms with Crippen molar-refractivity contribution in [1.82, 2.24) is 15.5 Å². The first kappa shape index (κ1) is 21.7. The molecular formula is C18H38N4OS. The highest BCUT2D eigenvalue weighted by Crippen LogP contribution is 2.19. The number of nitrogens with two attached hydrogens (primary N) is 1. The molecule has 0 radical (unpaired) electrons. The molecule has 5 nitrogen and oxygen atoms in total. The van der Waals surface area contributed by atoms with E-state index in [1.807, 2.05) is 6.92 Å². The van der Waals surface area contributed by atoms with E-state index in [4.69, 9.17) is 5.73 Å². The van der Waals surface area contributed by atoms with Crippen LogP contribution in [0, 0.1) is 5.92 Å². The minimum Gasteiger partial charge on any atom is -0.354 e. The molecule has 6 heteroatoms. The van der Waals surface area contributed by atoms with Crippen molar-refractivity contribution in [3.05, 3.63) is 0 Å². The molecule has 0 aromatic heterocycles. The zero-order valence-electron chi connectivity index (χ0n) is 15.8. The van der Waals surface area contributed by atoms with E-state index in [1.165, 1.54) is 32.1 Å². The molecule has 1 fully saturated rings. The Hall–Kier alpha value is -0.300. The highest BCUT2D eigenvalue weighted by Gasteiger charge is 2.45. The van der Waals surface area contributed by atoms with E-state index in [9.17, 15) is 4.79 Å². The second-order valence-corrected chi connectivity index (χ2v) is 8.50. The Balaban J connectivity index is 1.93. The molecule has 24 heavy (non-hydrogen) atoms. The number of likely N-dealkylation sites (tertiary alicyclic amines) is 1. The van der Waals surface area contributed by atoms with Crippen LogP contribution in [0.25, 0.3) is 0 Å². The lowest BCUT2D eigenvalue weighted by molar-refractivity contribution is -0.132. The van der Waals surface area contributed by atoms with Crippen LogP contribution in [0.15, 0.2) is 0 Å². The summed E-state index contributed by atoms with van der Waals surface area (Å²) in [6.45, 7) is 10.6. The number of hydrogen-bond acceptors (Lipinski definition) is 5. The van der Waals surface area contributed by atoms with E-state index in [-0.39, 0.29) is 11.3 Å². The zero-order valence-corrected chi connectivity index (χ0v) is 16.7. The Morgan fingerprint density at radius 3 is 2.17 bits per heavy atom. The first-order chi connectivity index (χ1) is 11.3. The van der Waals surface area contributed by atoms with Crippen molar-refractivity contribution in [3.63, 3.8) is 0 Å². The Bertz CT molecular complexity index is 357. The minimum atomic E-state index is -0.661. The third-order valence-electron chi connectivity index (χ3n) is 4.42. The van der Waals surface area contributed by atoms with Crippen molar-refractivity contribution in [2.75, 3.05) is 32.7 Å². The Morgan fingerprint density at radius 2 is 1.62 bits per heavy atom. The summed E-state index contributed by atoms with van der Waals surface area (Å²) in [6.07, 6.45) is 7.20. The molecule has 0 spiro atoms. The number of carbonyl (C=O) groups excluding carboxylic acids is 1. The fourth-order valence-electron chi connectivity index (χ4n) is 3.19. The predicted molar refractivity (Wildman–Crippen MR) is 105 cm³/mol. The van der Waals surface area contributed by atoms with Gasteiger partial charge in [-0.25, -0.2) is 0 Å². The fourth-order valence-corrected chi connectivity index (χ4v) is 3.32. The van der Waals surface area contributed by atoms with Crippen molar-refractivity contribution in [2.45, 2.75) is 70.2 Å². The number of rotatable bonds is 13. The third kappa shape index (κ3) is 8.70. The average Bonchev–Trinajstić information content (AvgIpc) is 2.46. The van der Waals surface area contributed by atoms with Crippen molar-refractivity contribution in [2.24, 2.45) is 11.7 Å². The summed E-state index contributed by atoms with van der Waals surface area (Å²) in [5, 5.41) is 6.61. The number of nitrogens with zero attached hydrogens (tertiary/aromatic N) is 1. The lowest BCUT2D eigenvalue weighted by atomic mass is 9.89. The Labute approximate surface area is 153 Å². The molecular weight excluding hydrogens is 320 g/mol. The summed E-state index contributed by atoms with van der Waals surface area (Å²) in [6, 6.07) is 0. The maximum atomic E-state index is 12.2. The summed E-state index contributed by atoms with van der Waals surface area (Å²) in [4.78, 5) is 14.4. The summed E-state index contributed by atoms with van der Waals surface area (Å²) < 4.78 is 0. The lowest BCUT2D eigenvalue weighted by Gasteiger charge is -2.46. The molecule has 1 saturated heterocycles. The van der Waals surface area contributed by atoms with Crippen LogP contribution >= 0.6 is 12.6 Å². The van der Waals surface area contributed by atoms with Gasteiger partial charge in [-0.1, -0.05) is 39.5 Å². The van der Waals surface area contributed by atoms with E-state index in [0.29, 0.717) is 19.0 Å². The van der Waals surface area contributed by atoms with Gasteiger partial charge in [0, 0.05) is 31.6 Å². The fraction of sp³-hybridized carbons (Fsp3) is 0.944. The summed E-state index contributed by atoms with van der Waals surface area (Å²) >= 11 is 4.29. The molecule has 0 bridgehead atoms. The molecule has 1 amide bonds. The number of amides is 1. The van der Waals surface area contributed by atoms with Gasteiger partial charge in [0.05, 0.1) is 0 Å². The molecule has 1 heterocycles. The number of hydrogen-bond donors (Lipinski definition) is 4. The van der Waals surface area contributed by atoms with Gasteiger partial charge in [-0.05, 0) is 32.2 Å². The van der Waals surface area contributed by atoms with Crippen LogP contribution in [0.5, 0.6) is 0 Å². The van der Waals surface area contributed by atoms with Gasteiger partial charge >= 0.3 is 0 Å². The van der Waals surface area contributed by atoms with Crippen LogP contribution in [0.1, 0.15) is 59.3 Å². The van der Waals surface area contributed by atoms with E-state index >= 15 is 0 Å². The van der Waals surface area contributed by atoms with Crippen LogP contribution < -0.4 is 16.4 Å². The third-order valence-corrected chi connectivity index (χ3v) is 4.60. The molecule has 0 saturated carbocycles. The highest BCUT2D eigenvalue weighted by atomic mass is 32.1. The van der Waals surface area contributed by atoms with Crippen LogP contribution in [0.4, 0.5) is 0 Å². The number of nitrogens with one attached hydrogen (secondary N) is 2. The van der Waals surface area contributed by atoms with Gasteiger partial charge in [-0.2, -0.15) is 12.6 Å². The van der Waals surface area contributed by atoms with Crippen LogP contribution in [0.3, 0.4) is 0 Å². The minimum absolute atomic E-state index is 0.0226. The molecule has 4 N–H and O–H groups in total. The molecule has 1 aliphatic heterocycles. The van der Waals surface area contributed by atoms with Crippen molar-refractivity contribution >= 4 is 18.5 Å². The molecule has 142 valence electrons. The molecule has 0 aliphatic carbocycles. The first-order valence-electron chi connectivity index (χ1n) is 9.54. The predicted octanol–water partition coefficient (Wildman–Crippen LogP) is 1.98. The van der Waals surface area contributed by atoms with Crippen molar-refractivity contribution in [1.29, 1.82) is 0 Å². The summed E-state index contributed by atoms with van der Waals surface area (Å²) in [5.74, 6) is 0.643. The molecule has 0 aromatic rings. The Kier molecular flexibility index (Phi) is 10.3. The first-order valence-corrected chi connectivity index (χ1v) is 10.1. The number of unbranched alkanes of at least 4 members (excludes halogenated alkanes) is 5. The molecule has 1 atom stereocenters. The van der Waals surface area contributed by atoms with Crippen LogP contribution in [-0.2, 0) is 4.79 Å². The molecule has 1 rings (SSSR count). The summed E-state index contributed by atoms with van der Waals surface area (Å²) in [7, 11) is 0. The van der Waals surface area contributed by atoms with Gasteiger partial charge in [-0.15, -0.1) is 0 Å². The monoisotopic (exact) mass is 358 g/mol. The van der Waals surface area contributed by atoms with E-state index in [0.717, 1.165) is 26.1 Å². The average molecular weight is 359 g/mol. The topological polar surface area (TPSA) is 70.4 Å². The second-order valence-electron chi connectivity index (χ2n) is 7.73. The van der Waals surface area contributed by atoms with Gasteiger partial charge in [-0.3, -0.25) is 9.69 Å². The largest absolute Gasteiger partial charge is 0.354 e. The highest BCUT2D eigenvalue weighted by molar-refractivity contribution is 7.80. The van der Waals surface area contributed by atoms with Crippen molar-refractivity contribution in [3.8, 4) is 0 Å². The maximum absolute atomic E-state index is 12.2. The second kappa shape index (κ2) is 11.3. The zero-order chi connectivity index (χ0) is 18.0. The van der Waals surface area contributed by atoms with E-state index in [1.54, 1.807) is 0 Å². The number of thiol groups is 1. The standard InChI is InChI=1S/C18H38N4OS/c1-15(2)12-22-13-18(19,14-22)17(23)21-11-9-7-5-4-6-8-10-20-16(3)24/h15-16,20,24H,4-14,19H2,1-3H3,(H,21,23). The van der Waals surface area contributed by atoms with Gasteiger partial charge in [0.15, 0.2) is 0 Å². The van der Waals surface area contributed by atoms with Crippen LogP contribution in [0.2, 0.25) is 0 Å².